The minimum absolute atomic E-state index is 0.132. The van der Waals surface area contributed by atoms with Crippen molar-refractivity contribution in [3.05, 3.63) is 51.5 Å². The maximum Gasteiger partial charge on any atom is 0.416 e. The van der Waals surface area contributed by atoms with Gasteiger partial charge < -0.3 is 5.73 Å². The lowest BCUT2D eigenvalue weighted by Gasteiger charge is -2.16. The van der Waals surface area contributed by atoms with Crippen molar-refractivity contribution in [2.24, 2.45) is 5.73 Å². The molecular weight excluding hydrogens is 337 g/mol. The molecule has 0 saturated carbocycles. The van der Waals surface area contributed by atoms with Crippen LogP contribution in [0.2, 0.25) is 0 Å². The topological polar surface area (TPSA) is 56.0 Å². The van der Waals surface area contributed by atoms with E-state index in [9.17, 15) is 18.0 Å². The Morgan fingerprint density at radius 1 is 1.29 bits per heavy atom. The summed E-state index contributed by atoms with van der Waals surface area (Å²) in [5, 5.41) is 2.58. The van der Waals surface area contributed by atoms with E-state index in [0.29, 0.717) is 5.01 Å². The Balaban J connectivity index is 2.31. The summed E-state index contributed by atoms with van der Waals surface area (Å²) in [5.41, 5.74) is 5.64. The molecule has 0 aliphatic carbocycles. The molecule has 0 bridgehead atoms. The van der Waals surface area contributed by atoms with Gasteiger partial charge in [-0.15, -0.1) is 11.3 Å². The van der Waals surface area contributed by atoms with Crippen molar-refractivity contribution in [3.63, 3.8) is 0 Å². The first kappa shape index (κ1) is 18.4. The van der Waals surface area contributed by atoms with Crippen LogP contribution in [0.1, 0.15) is 48.5 Å². The molecular formula is C17H19F3N2OS. The minimum atomic E-state index is -4.46. The van der Waals surface area contributed by atoms with E-state index in [2.05, 4.69) is 4.98 Å². The molecule has 1 unspecified atom stereocenters. The molecule has 0 spiro atoms. The molecule has 0 aliphatic heterocycles. The number of carbonyl (C=O) groups excluding carboxylic acids is 1. The van der Waals surface area contributed by atoms with E-state index in [1.807, 2.05) is 26.2 Å². The summed E-state index contributed by atoms with van der Waals surface area (Å²) < 4.78 is 38.6. The molecule has 2 rings (SSSR count). The zero-order chi connectivity index (χ0) is 18.1. The monoisotopic (exact) mass is 356 g/mol. The number of primary amides is 1. The fraction of sp³-hybridized carbons (Fsp3) is 0.412. The van der Waals surface area contributed by atoms with Crippen LogP contribution in [-0.4, -0.2) is 10.9 Å². The summed E-state index contributed by atoms with van der Waals surface area (Å²) in [6.07, 6.45) is -4.27. The van der Waals surface area contributed by atoms with Crippen molar-refractivity contribution in [2.45, 2.75) is 44.7 Å². The van der Waals surface area contributed by atoms with E-state index >= 15 is 0 Å². The smallest absolute Gasteiger partial charge is 0.369 e. The van der Waals surface area contributed by atoms with E-state index in [0.717, 1.165) is 17.8 Å². The predicted molar refractivity (Wildman–Crippen MR) is 87.9 cm³/mol. The molecule has 7 heteroatoms. The second kappa shape index (κ2) is 6.55. The second-order valence-corrected chi connectivity index (χ2v) is 7.60. The number of benzene rings is 1. The fourth-order valence-electron chi connectivity index (χ4n) is 2.24. The Bertz CT molecular complexity index is 732. The number of thiazole rings is 1. The van der Waals surface area contributed by atoms with E-state index in [1.165, 1.54) is 23.5 Å². The quantitative estimate of drug-likeness (QED) is 0.889. The van der Waals surface area contributed by atoms with Gasteiger partial charge in [0, 0.05) is 17.2 Å². The van der Waals surface area contributed by atoms with Crippen molar-refractivity contribution < 1.29 is 18.0 Å². The summed E-state index contributed by atoms with van der Waals surface area (Å²) in [5.74, 6) is -1.51. The zero-order valence-corrected chi connectivity index (χ0v) is 14.5. The van der Waals surface area contributed by atoms with Crippen molar-refractivity contribution >= 4 is 17.2 Å². The SMILES string of the molecule is CC(C)(C)c1csc(CC(C(N)=O)c2cccc(C(F)(F)F)c2)n1. The Morgan fingerprint density at radius 3 is 2.46 bits per heavy atom. The lowest BCUT2D eigenvalue weighted by Crippen LogP contribution is -2.24. The molecule has 1 aromatic carbocycles. The Kier molecular flexibility index (Phi) is 5.03. The standard InChI is InChI=1S/C17H19F3N2OS/c1-16(2,3)13-9-24-14(22-13)8-12(15(21)23)10-5-4-6-11(7-10)17(18,19)20/h4-7,9,12H,8H2,1-3H3,(H2,21,23). The molecule has 1 atom stereocenters. The molecule has 0 saturated heterocycles. The van der Waals surface area contributed by atoms with Crippen LogP contribution >= 0.6 is 11.3 Å². The largest absolute Gasteiger partial charge is 0.416 e. The lowest BCUT2D eigenvalue weighted by molar-refractivity contribution is -0.137. The Morgan fingerprint density at radius 2 is 1.96 bits per heavy atom. The van der Waals surface area contributed by atoms with Gasteiger partial charge in [-0.1, -0.05) is 39.0 Å². The molecule has 3 nitrogen and oxygen atoms in total. The van der Waals surface area contributed by atoms with E-state index in [4.69, 9.17) is 5.73 Å². The van der Waals surface area contributed by atoms with Gasteiger partial charge in [0.15, 0.2) is 0 Å². The first-order valence-corrected chi connectivity index (χ1v) is 8.28. The lowest BCUT2D eigenvalue weighted by atomic mass is 9.92. The van der Waals surface area contributed by atoms with Gasteiger partial charge in [0.2, 0.25) is 5.91 Å². The van der Waals surface area contributed by atoms with Gasteiger partial charge >= 0.3 is 6.18 Å². The van der Waals surface area contributed by atoms with Crippen LogP contribution in [0.15, 0.2) is 29.6 Å². The Labute approximate surface area is 142 Å². The summed E-state index contributed by atoms with van der Waals surface area (Å²) in [4.78, 5) is 16.3. The minimum Gasteiger partial charge on any atom is -0.369 e. The van der Waals surface area contributed by atoms with Gasteiger partial charge in [-0.25, -0.2) is 4.98 Å². The molecule has 1 heterocycles. The number of rotatable bonds is 4. The number of aromatic nitrogens is 1. The van der Waals surface area contributed by atoms with Crippen molar-refractivity contribution in [1.29, 1.82) is 0 Å². The third kappa shape index (κ3) is 4.35. The predicted octanol–water partition coefficient (Wildman–Crippen LogP) is 4.27. The van der Waals surface area contributed by atoms with Gasteiger partial charge in [0.25, 0.3) is 0 Å². The highest BCUT2D eigenvalue weighted by Gasteiger charge is 2.32. The third-order valence-electron chi connectivity index (χ3n) is 3.66. The number of nitrogens with two attached hydrogens (primary N) is 1. The fourth-order valence-corrected chi connectivity index (χ4v) is 3.31. The Hall–Kier alpha value is -1.89. The third-order valence-corrected chi connectivity index (χ3v) is 4.53. The molecule has 1 amide bonds. The highest BCUT2D eigenvalue weighted by Crippen LogP contribution is 2.32. The van der Waals surface area contributed by atoms with Crippen molar-refractivity contribution in [3.8, 4) is 0 Å². The highest BCUT2D eigenvalue weighted by molar-refractivity contribution is 7.09. The normalized spacial score (nSPS) is 13.8. The van der Waals surface area contributed by atoms with Crippen molar-refractivity contribution in [2.75, 3.05) is 0 Å². The molecule has 2 N–H and O–H groups in total. The summed E-state index contributed by atoms with van der Waals surface area (Å²) in [6.45, 7) is 6.05. The van der Waals surface area contributed by atoms with Crippen LogP contribution in [0.3, 0.4) is 0 Å². The summed E-state index contributed by atoms with van der Waals surface area (Å²) in [6, 6.07) is 4.73. The van der Waals surface area contributed by atoms with Gasteiger partial charge in [0.1, 0.15) is 0 Å². The molecule has 0 radical (unpaired) electrons. The van der Waals surface area contributed by atoms with E-state index < -0.39 is 23.6 Å². The second-order valence-electron chi connectivity index (χ2n) is 6.66. The molecule has 2 aromatic rings. The number of hydrogen-bond acceptors (Lipinski definition) is 3. The highest BCUT2D eigenvalue weighted by atomic mass is 32.1. The molecule has 130 valence electrons. The molecule has 0 fully saturated rings. The maximum atomic E-state index is 12.9. The number of amides is 1. The first-order valence-electron chi connectivity index (χ1n) is 7.40. The van der Waals surface area contributed by atoms with Crippen LogP contribution in [0.25, 0.3) is 0 Å². The number of carbonyl (C=O) groups is 1. The maximum absolute atomic E-state index is 12.9. The number of hydrogen-bond donors (Lipinski definition) is 1. The summed E-state index contributed by atoms with van der Waals surface area (Å²) in [7, 11) is 0. The van der Waals surface area contributed by atoms with Gasteiger partial charge in [-0.2, -0.15) is 13.2 Å². The summed E-state index contributed by atoms with van der Waals surface area (Å²) >= 11 is 1.39. The van der Waals surface area contributed by atoms with Gasteiger partial charge in [0.05, 0.1) is 22.2 Å². The van der Waals surface area contributed by atoms with Crippen LogP contribution in [0.4, 0.5) is 13.2 Å². The van der Waals surface area contributed by atoms with E-state index in [-0.39, 0.29) is 17.4 Å². The van der Waals surface area contributed by atoms with Crippen LogP contribution in [-0.2, 0) is 22.8 Å². The number of nitrogens with zero attached hydrogens (tertiary/aromatic N) is 1. The number of halogens is 3. The number of alkyl halides is 3. The van der Waals surface area contributed by atoms with Crippen molar-refractivity contribution in [1.82, 2.24) is 4.98 Å². The molecule has 1 aromatic heterocycles. The van der Waals surface area contributed by atoms with E-state index in [1.54, 1.807) is 0 Å². The molecule has 24 heavy (non-hydrogen) atoms. The molecule has 0 aliphatic rings. The average molecular weight is 356 g/mol. The average Bonchev–Trinajstić information content (AvgIpc) is 2.92. The van der Waals surface area contributed by atoms with Crippen LogP contribution in [0, 0.1) is 0 Å². The van der Waals surface area contributed by atoms with Gasteiger partial charge in [-0.3, -0.25) is 4.79 Å². The van der Waals surface area contributed by atoms with Crippen LogP contribution < -0.4 is 5.73 Å². The van der Waals surface area contributed by atoms with Gasteiger partial charge in [-0.05, 0) is 11.6 Å². The zero-order valence-electron chi connectivity index (χ0n) is 13.6. The van der Waals surface area contributed by atoms with Crippen LogP contribution in [0.5, 0.6) is 0 Å². The first-order chi connectivity index (χ1) is 11.0.